The molecule has 0 amide bonds. The number of allylic oxidation sites excluding steroid dienone is 4. The molecule has 0 atom stereocenters. The molecule has 0 unspecified atom stereocenters. The van der Waals surface area contributed by atoms with Crippen molar-refractivity contribution in [1.29, 1.82) is 5.26 Å². The van der Waals surface area contributed by atoms with E-state index in [0.29, 0.717) is 30.5 Å². The second-order valence-electron chi connectivity index (χ2n) is 12.4. The van der Waals surface area contributed by atoms with Gasteiger partial charge in [0, 0.05) is 52.1 Å². The van der Waals surface area contributed by atoms with Gasteiger partial charge in [-0.1, -0.05) is 13.8 Å². The van der Waals surface area contributed by atoms with Gasteiger partial charge >= 0.3 is 6.18 Å². The van der Waals surface area contributed by atoms with Crippen LogP contribution in [-0.2, 0) is 25.6 Å². The van der Waals surface area contributed by atoms with Gasteiger partial charge in [0.15, 0.2) is 34.6 Å². The van der Waals surface area contributed by atoms with E-state index < -0.39 is 134 Å². The third-order valence-electron chi connectivity index (χ3n) is 9.17. The van der Waals surface area contributed by atoms with Gasteiger partial charge in [-0.25, -0.2) is 26.9 Å². The summed E-state index contributed by atoms with van der Waals surface area (Å²) in [6.45, 7) is 1.81. The molecule has 55 heavy (non-hydrogen) atoms. The Hall–Kier alpha value is -6.37. The molecule has 0 aliphatic heterocycles. The lowest BCUT2D eigenvalue weighted by molar-refractivity contribution is -0.139. The van der Waals surface area contributed by atoms with E-state index in [0.717, 1.165) is 12.1 Å². The zero-order valence-corrected chi connectivity index (χ0v) is 28.5. The van der Waals surface area contributed by atoms with Gasteiger partial charge in [0.2, 0.25) is 0 Å². The molecule has 0 radical (unpaired) electrons. The number of carbonyl (C=O) groups is 4. The Kier molecular flexibility index (Phi) is 10.1. The van der Waals surface area contributed by atoms with Crippen molar-refractivity contribution in [3.63, 3.8) is 0 Å². The second kappa shape index (κ2) is 14.5. The third kappa shape index (κ3) is 6.70. The summed E-state index contributed by atoms with van der Waals surface area (Å²) in [5.41, 5.74) is -8.02. The molecule has 8 nitrogen and oxygen atoms in total. The van der Waals surface area contributed by atoms with E-state index in [4.69, 9.17) is 10.00 Å². The summed E-state index contributed by atoms with van der Waals surface area (Å²) in [6, 6.07) is 5.85. The normalized spacial score (nSPS) is 14.3. The molecule has 2 aromatic carbocycles. The van der Waals surface area contributed by atoms with Crippen LogP contribution in [0.5, 0.6) is 5.75 Å². The number of pyridine rings is 2. The van der Waals surface area contributed by atoms with Crippen molar-refractivity contribution < 1.29 is 59.0 Å². The first-order valence-corrected chi connectivity index (χ1v) is 16.4. The Morgan fingerprint density at radius 1 is 0.673 bits per heavy atom. The Labute approximate surface area is 305 Å². The van der Waals surface area contributed by atoms with Crippen molar-refractivity contribution in [3.05, 3.63) is 144 Å². The number of ketones is 4. The molecule has 6 rings (SSSR count). The van der Waals surface area contributed by atoms with Crippen LogP contribution in [0, 0.1) is 40.4 Å². The summed E-state index contributed by atoms with van der Waals surface area (Å²) in [5, 5.41) is 9.12. The summed E-state index contributed by atoms with van der Waals surface area (Å²) >= 11 is 0. The van der Waals surface area contributed by atoms with E-state index in [1.807, 2.05) is 0 Å². The number of hydrogen-bond acceptors (Lipinski definition) is 8. The first kappa shape index (κ1) is 38.4. The molecule has 4 aromatic rings. The maximum Gasteiger partial charge on any atom is 0.420 e. The molecular formula is C39H23F8N3O5. The van der Waals surface area contributed by atoms with Gasteiger partial charge in [0.05, 0.1) is 28.5 Å². The molecule has 0 saturated heterocycles. The Morgan fingerprint density at radius 2 is 1.18 bits per heavy atom. The number of carbonyl (C=O) groups excluding carboxylic acids is 4. The lowest BCUT2D eigenvalue weighted by Crippen LogP contribution is -2.27. The highest BCUT2D eigenvalue weighted by Crippen LogP contribution is 2.39. The predicted octanol–water partition coefficient (Wildman–Crippen LogP) is 8.30. The van der Waals surface area contributed by atoms with Gasteiger partial charge in [0.25, 0.3) is 0 Å². The lowest BCUT2D eigenvalue weighted by atomic mass is 9.80. The number of alkyl halides is 3. The predicted molar refractivity (Wildman–Crippen MR) is 175 cm³/mol. The van der Waals surface area contributed by atoms with Crippen molar-refractivity contribution in [2.75, 3.05) is 0 Å². The molecule has 0 N–H and O–H groups in total. The standard InChI is InChI=1S/C39H23F8N3O5/c1-3-19-21(10-17-5-6-24(40)28(13-48)50-17)38(54)33-32(36(19)52)27(43)9-16(34(33)44)15-55-29-14-49-18(12-23(29)39(45,46)47)11-22-20(4-2)35(51)30-25(41)7-8-26(42)31(30)37(22)53/h5-9,12,14H,3-4,10-11,15H2,1-2H3. The van der Waals surface area contributed by atoms with Gasteiger partial charge in [-0.05, 0) is 49.2 Å². The van der Waals surface area contributed by atoms with Crippen LogP contribution in [0.1, 0.15) is 96.3 Å². The van der Waals surface area contributed by atoms with Crippen LogP contribution in [-0.4, -0.2) is 33.1 Å². The van der Waals surface area contributed by atoms with Crippen molar-refractivity contribution >= 4 is 23.1 Å². The van der Waals surface area contributed by atoms with Gasteiger partial charge in [-0.2, -0.15) is 18.4 Å². The Balaban J connectivity index is 1.32. The maximum absolute atomic E-state index is 16.0. The number of fused-ring (bicyclic) bond motifs is 2. The zero-order valence-electron chi connectivity index (χ0n) is 28.5. The minimum atomic E-state index is -5.17. The van der Waals surface area contributed by atoms with Crippen molar-refractivity contribution in [2.45, 2.75) is 52.3 Å². The van der Waals surface area contributed by atoms with Crippen LogP contribution in [0.2, 0.25) is 0 Å². The molecule has 2 heterocycles. The molecule has 16 heteroatoms. The van der Waals surface area contributed by atoms with Crippen LogP contribution in [0.4, 0.5) is 35.1 Å². The fourth-order valence-electron chi connectivity index (χ4n) is 6.58. The van der Waals surface area contributed by atoms with E-state index >= 15 is 8.78 Å². The number of nitriles is 1. The molecule has 0 saturated carbocycles. The minimum absolute atomic E-state index is 0.0352. The summed E-state index contributed by atoms with van der Waals surface area (Å²) in [4.78, 5) is 61.0. The highest BCUT2D eigenvalue weighted by atomic mass is 19.4. The molecular weight excluding hydrogens is 742 g/mol. The van der Waals surface area contributed by atoms with E-state index in [1.54, 1.807) is 0 Å². The highest BCUT2D eigenvalue weighted by Gasteiger charge is 2.40. The van der Waals surface area contributed by atoms with Crippen molar-refractivity contribution in [3.8, 4) is 11.8 Å². The minimum Gasteiger partial charge on any atom is -0.487 e. The molecule has 2 aromatic heterocycles. The van der Waals surface area contributed by atoms with E-state index in [2.05, 4.69) is 9.97 Å². The number of rotatable bonds is 9. The molecule has 2 aliphatic carbocycles. The van der Waals surface area contributed by atoms with E-state index in [9.17, 15) is 45.5 Å². The fraction of sp³-hybridized carbons (Fsp3) is 0.205. The van der Waals surface area contributed by atoms with Crippen molar-refractivity contribution in [1.82, 2.24) is 9.97 Å². The largest absolute Gasteiger partial charge is 0.487 e. The number of nitrogens with zero attached hydrogens (tertiary/aromatic N) is 3. The third-order valence-corrected chi connectivity index (χ3v) is 9.17. The quantitative estimate of drug-likeness (QED) is 0.156. The number of benzene rings is 2. The van der Waals surface area contributed by atoms with Crippen LogP contribution < -0.4 is 4.74 Å². The van der Waals surface area contributed by atoms with E-state index in [-0.39, 0.29) is 35.3 Å². The molecule has 2 aliphatic rings. The van der Waals surface area contributed by atoms with Crippen LogP contribution in [0.25, 0.3) is 0 Å². The zero-order chi connectivity index (χ0) is 40.1. The maximum atomic E-state index is 16.0. The Morgan fingerprint density at radius 3 is 1.73 bits per heavy atom. The Bertz CT molecular complexity index is 2500. The first-order chi connectivity index (χ1) is 26.0. The average Bonchev–Trinajstić information content (AvgIpc) is 3.14. The average molecular weight is 766 g/mol. The fourth-order valence-corrected chi connectivity index (χ4v) is 6.58. The van der Waals surface area contributed by atoms with Crippen molar-refractivity contribution in [2.24, 2.45) is 0 Å². The van der Waals surface area contributed by atoms with Gasteiger partial charge in [-0.15, -0.1) is 0 Å². The second-order valence-corrected chi connectivity index (χ2v) is 12.4. The number of hydrogen-bond donors (Lipinski definition) is 0. The summed E-state index contributed by atoms with van der Waals surface area (Å²) in [6.07, 6.45) is -6.01. The number of Topliss-reactive ketones (excluding diaryl/α,β-unsaturated/α-hetero) is 4. The van der Waals surface area contributed by atoms with Gasteiger partial charge < -0.3 is 4.74 Å². The number of ether oxygens (including phenoxy) is 1. The smallest absolute Gasteiger partial charge is 0.420 e. The summed E-state index contributed by atoms with van der Waals surface area (Å²) < 4.78 is 123. The molecule has 0 fully saturated rings. The van der Waals surface area contributed by atoms with Gasteiger partial charge in [-0.3, -0.25) is 24.2 Å². The van der Waals surface area contributed by atoms with Crippen LogP contribution in [0.3, 0.4) is 0 Å². The van der Waals surface area contributed by atoms with Gasteiger partial charge in [0.1, 0.15) is 47.3 Å². The number of aromatic nitrogens is 2. The lowest BCUT2D eigenvalue weighted by Gasteiger charge is -2.23. The molecule has 280 valence electrons. The topological polar surface area (TPSA) is 127 Å². The van der Waals surface area contributed by atoms with Crippen LogP contribution >= 0.6 is 0 Å². The van der Waals surface area contributed by atoms with Crippen LogP contribution in [0.15, 0.2) is 64.9 Å². The van der Waals surface area contributed by atoms with E-state index in [1.165, 1.54) is 19.9 Å². The molecule has 0 spiro atoms. The SMILES string of the molecule is CCC1=C(Cc2cc(C(F)(F)F)c(OCc3cc(F)c4c(c3F)C(=O)C(Cc3ccc(F)c(C#N)n3)=C(CC)C4=O)cn2)C(=O)c2c(F)ccc(F)c2C1=O. The monoisotopic (exact) mass is 765 g/mol. The highest BCUT2D eigenvalue weighted by molar-refractivity contribution is 6.28. The molecule has 0 bridgehead atoms. The summed E-state index contributed by atoms with van der Waals surface area (Å²) in [5.74, 6) is -11.4. The number of halogens is 8. The first-order valence-electron chi connectivity index (χ1n) is 16.4. The summed E-state index contributed by atoms with van der Waals surface area (Å²) in [7, 11) is 0.